The van der Waals surface area contributed by atoms with Crippen molar-refractivity contribution in [3.05, 3.63) is 0 Å². The largest absolute Gasteiger partial charge is 0.436 e. The smallest absolute Gasteiger partial charge is 0.362 e. The Morgan fingerprint density at radius 3 is 1.59 bits per heavy atom. The van der Waals surface area contributed by atoms with Gasteiger partial charge in [-0.05, 0) is 45.3 Å². The molecule has 0 spiro atoms. The van der Waals surface area contributed by atoms with Crippen LogP contribution in [0.15, 0.2) is 0 Å². The van der Waals surface area contributed by atoms with Crippen LogP contribution in [0.4, 0.5) is 0 Å². The van der Waals surface area contributed by atoms with E-state index in [2.05, 4.69) is 46.2 Å². The second-order valence-electron chi connectivity index (χ2n) is 6.61. The van der Waals surface area contributed by atoms with Crippen molar-refractivity contribution in [2.45, 2.75) is 77.9 Å². The van der Waals surface area contributed by atoms with Gasteiger partial charge in [-0.2, -0.15) is 0 Å². The maximum Gasteiger partial charge on any atom is 0.362 e. The molecule has 0 atom stereocenters. The van der Waals surface area contributed by atoms with Crippen LogP contribution in [0.25, 0.3) is 0 Å². The summed E-state index contributed by atoms with van der Waals surface area (Å²) in [5.74, 6) is 0. The van der Waals surface area contributed by atoms with E-state index in [1.807, 2.05) is 0 Å². The number of hydrogen-bond donors (Lipinski definition) is 0. The molecule has 2 nitrogen and oxygen atoms in total. The summed E-state index contributed by atoms with van der Waals surface area (Å²) in [7, 11) is -3.91. The molecule has 0 aromatic heterocycles. The highest BCUT2D eigenvalue weighted by molar-refractivity contribution is 6.81. The van der Waals surface area contributed by atoms with E-state index >= 15 is 0 Å². The summed E-state index contributed by atoms with van der Waals surface area (Å²) in [6.07, 6.45) is 5.24. The Balaban J connectivity index is 4.12. The maximum atomic E-state index is 6.25. The van der Waals surface area contributed by atoms with Crippen LogP contribution in [-0.4, -0.2) is 25.9 Å². The van der Waals surface area contributed by atoms with Crippen molar-refractivity contribution in [3.63, 3.8) is 0 Å². The molecular formula is C12H31O2Si3. The molecule has 0 heterocycles. The minimum absolute atomic E-state index is 1.02. The van der Waals surface area contributed by atoms with E-state index in [0.29, 0.717) is 0 Å². The van der Waals surface area contributed by atoms with E-state index < -0.39 is 25.9 Å². The molecule has 0 aromatic rings. The van der Waals surface area contributed by atoms with Gasteiger partial charge in [-0.3, -0.25) is 0 Å². The zero-order chi connectivity index (χ0) is 13.5. The van der Waals surface area contributed by atoms with E-state index in [1.54, 1.807) is 0 Å². The molecule has 0 saturated carbocycles. The molecule has 5 heteroatoms. The SMILES string of the molecule is CCCCCC[Si](O[Si](C)(C)C)O[Si](C)(C)C. The Bertz CT molecular complexity index is 181. The quantitative estimate of drug-likeness (QED) is 0.450. The lowest BCUT2D eigenvalue weighted by molar-refractivity contribution is 0.413. The van der Waals surface area contributed by atoms with Crippen molar-refractivity contribution < 1.29 is 8.23 Å². The van der Waals surface area contributed by atoms with Crippen molar-refractivity contribution in [1.29, 1.82) is 0 Å². The van der Waals surface area contributed by atoms with Gasteiger partial charge < -0.3 is 8.23 Å². The lowest BCUT2D eigenvalue weighted by atomic mass is 10.2. The van der Waals surface area contributed by atoms with Crippen LogP contribution in [0, 0.1) is 0 Å². The second kappa shape index (κ2) is 7.89. The highest BCUT2D eigenvalue weighted by atomic mass is 28.4. The highest BCUT2D eigenvalue weighted by Gasteiger charge is 2.29. The molecule has 0 aliphatic rings. The minimum atomic E-state index is -1.45. The van der Waals surface area contributed by atoms with Crippen LogP contribution < -0.4 is 0 Å². The average molecular weight is 292 g/mol. The minimum Gasteiger partial charge on any atom is -0.436 e. The van der Waals surface area contributed by atoms with Crippen molar-refractivity contribution in [2.24, 2.45) is 0 Å². The molecule has 0 unspecified atom stereocenters. The van der Waals surface area contributed by atoms with E-state index in [1.165, 1.54) is 31.7 Å². The van der Waals surface area contributed by atoms with Crippen LogP contribution in [0.1, 0.15) is 32.6 Å². The standard InChI is InChI=1S/C12H31O2Si3/c1-8-9-10-11-12-15(13-16(2,3)4)14-17(5,6)7/h8-12H2,1-7H3. The molecule has 103 valence electrons. The molecule has 0 aromatic carbocycles. The summed E-state index contributed by atoms with van der Waals surface area (Å²) in [6, 6.07) is 1.17. The Morgan fingerprint density at radius 2 is 1.24 bits per heavy atom. The van der Waals surface area contributed by atoms with Gasteiger partial charge in [0.05, 0.1) is 0 Å². The molecule has 1 radical (unpaired) electrons. The van der Waals surface area contributed by atoms with E-state index in [0.717, 1.165) is 0 Å². The molecule has 0 saturated heterocycles. The van der Waals surface area contributed by atoms with Crippen LogP contribution >= 0.6 is 0 Å². The van der Waals surface area contributed by atoms with E-state index in [4.69, 9.17) is 8.23 Å². The van der Waals surface area contributed by atoms with Gasteiger partial charge in [0, 0.05) is 0 Å². The van der Waals surface area contributed by atoms with Crippen LogP contribution in [0.2, 0.25) is 45.3 Å². The fourth-order valence-corrected chi connectivity index (χ4v) is 8.86. The first-order valence-electron chi connectivity index (χ1n) is 6.88. The summed E-state index contributed by atoms with van der Waals surface area (Å²) in [5, 5.41) is 0. The second-order valence-corrected chi connectivity index (χ2v) is 17.9. The summed E-state index contributed by atoms with van der Waals surface area (Å²) < 4.78 is 12.5. The molecular weight excluding hydrogens is 260 g/mol. The van der Waals surface area contributed by atoms with Gasteiger partial charge in [0.1, 0.15) is 0 Å². The zero-order valence-corrected chi connectivity index (χ0v) is 15.9. The molecule has 0 rings (SSSR count). The number of hydrogen-bond acceptors (Lipinski definition) is 2. The van der Waals surface area contributed by atoms with E-state index in [9.17, 15) is 0 Å². The van der Waals surface area contributed by atoms with Gasteiger partial charge in [0.15, 0.2) is 16.6 Å². The fourth-order valence-electron chi connectivity index (χ4n) is 1.50. The molecule has 0 aliphatic carbocycles. The van der Waals surface area contributed by atoms with Gasteiger partial charge in [-0.25, -0.2) is 0 Å². The van der Waals surface area contributed by atoms with Gasteiger partial charge in [0.2, 0.25) is 0 Å². The maximum absolute atomic E-state index is 6.25. The third-order valence-corrected chi connectivity index (χ3v) is 9.56. The van der Waals surface area contributed by atoms with Crippen molar-refractivity contribution in [3.8, 4) is 0 Å². The monoisotopic (exact) mass is 291 g/mol. The van der Waals surface area contributed by atoms with Crippen molar-refractivity contribution >= 4 is 25.9 Å². The zero-order valence-electron chi connectivity index (χ0n) is 12.9. The van der Waals surface area contributed by atoms with Crippen molar-refractivity contribution in [2.75, 3.05) is 0 Å². The molecule has 0 amide bonds. The van der Waals surface area contributed by atoms with Crippen LogP contribution in [0.3, 0.4) is 0 Å². The lowest BCUT2D eigenvalue weighted by Crippen LogP contribution is -2.43. The summed E-state index contributed by atoms with van der Waals surface area (Å²) >= 11 is 0. The summed E-state index contributed by atoms with van der Waals surface area (Å²) in [6.45, 7) is 15.8. The predicted octanol–water partition coefficient (Wildman–Crippen LogP) is 4.76. The Hall–Kier alpha value is 0.571. The predicted molar refractivity (Wildman–Crippen MR) is 83.6 cm³/mol. The lowest BCUT2D eigenvalue weighted by Gasteiger charge is -2.29. The summed E-state index contributed by atoms with van der Waals surface area (Å²) in [4.78, 5) is 0. The highest BCUT2D eigenvalue weighted by Crippen LogP contribution is 2.17. The Labute approximate surface area is 112 Å². The van der Waals surface area contributed by atoms with Crippen LogP contribution in [-0.2, 0) is 8.23 Å². The first-order chi connectivity index (χ1) is 7.64. The van der Waals surface area contributed by atoms with Crippen molar-refractivity contribution in [1.82, 2.24) is 0 Å². The van der Waals surface area contributed by atoms with Gasteiger partial charge >= 0.3 is 9.28 Å². The van der Waals surface area contributed by atoms with E-state index in [-0.39, 0.29) is 0 Å². The Morgan fingerprint density at radius 1 is 0.765 bits per heavy atom. The topological polar surface area (TPSA) is 18.5 Å². The third kappa shape index (κ3) is 12.8. The average Bonchev–Trinajstić information content (AvgIpc) is 2.06. The first kappa shape index (κ1) is 17.6. The molecule has 0 N–H and O–H groups in total. The number of rotatable bonds is 9. The molecule has 17 heavy (non-hydrogen) atoms. The third-order valence-electron chi connectivity index (χ3n) is 2.07. The molecule has 0 bridgehead atoms. The molecule has 0 fully saturated rings. The Kier molecular flexibility index (Phi) is 8.15. The molecule has 0 aliphatic heterocycles. The van der Waals surface area contributed by atoms with Gasteiger partial charge in [0.25, 0.3) is 0 Å². The normalized spacial score (nSPS) is 13.4. The fraction of sp³-hybridized carbons (Fsp3) is 1.00. The number of unbranched alkanes of at least 4 members (excludes halogenated alkanes) is 3. The van der Waals surface area contributed by atoms with Crippen LogP contribution in [0.5, 0.6) is 0 Å². The first-order valence-corrected chi connectivity index (χ1v) is 15.2. The summed E-state index contributed by atoms with van der Waals surface area (Å²) in [5.41, 5.74) is 0. The van der Waals surface area contributed by atoms with Gasteiger partial charge in [-0.15, -0.1) is 0 Å². The van der Waals surface area contributed by atoms with Gasteiger partial charge in [-0.1, -0.05) is 32.6 Å².